The van der Waals surface area contributed by atoms with E-state index in [1.807, 2.05) is 13.8 Å². The highest BCUT2D eigenvalue weighted by Crippen LogP contribution is 2.33. The van der Waals surface area contributed by atoms with Gasteiger partial charge in [-0.3, -0.25) is 9.69 Å². The van der Waals surface area contributed by atoms with Gasteiger partial charge < -0.3 is 14.0 Å². The molecule has 2 heterocycles. The molecular weight excluding hydrogens is 324 g/mol. The van der Waals surface area contributed by atoms with Crippen LogP contribution < -0.4 is 9.64 Å². The highest BCUT2D eigenvalue weighted by Gasteiger charge is 2.28. The smallest absolute Gasteiger partial charge is 0.338 e. The highest BCUT2D eigenvalue weighted by atomic mass is 16.5. The van der Waals surface area contributed by atoms with Crippen molar-refractivity contribution in [2.75, 3.05) is 24.7 Å². The number of ether oxygens (including phenoxy) is 2. The molecule has 0 saturated carbocycles. The molecule has 1 aliphatic heterocycles. The molecule has 1 aromatic carbocycles. The summed E-state index contributed by atoms with van der Waals surface area (Å²) in [6.07, 6.45) is 0. The quantitative estimate of drug-likeness (QED) is 0.793. The Morgan fingerprint density at radius 2 is 2.12 bits per heavy atom. The molecule has 1 aromatic heterocycles. The lowest BCUT2D eigenvalue weighted by Crippen LogP contribution is -2.38. The van der Waals surface area contributed by atoms with Gasteiger partial charge in [0.15, 0.2) is 5.69 Å². The Bertz CT molecular complexity index is 797. The molecule has 7 heteroatoms. The molecule has 2 aromatic rings. The summed E-state index contributed by atoms with van der Waals surface area (Å²) in [5.74, 6) is 0.604. The zero-order chi connectivity index (χ0) is 18.0. The predicted molar refractivity (Wildman–Crippen MR) is 90.2 cm³/mol. The number of amides is 1. The SMILES string of the molecule is CCOC(=O)c1ccc2c(c1)N(C(=O)c1cc(C(C)C)on1)CCO2. The molecule has 25 heavy (non-hydrogen) atoms. The van der Waals surface area contributed by atoms with Gasteiger partial charge in [0.25, 0.3) is 5.91 Å². The Labute approximate surface area is 145 Å². The van der Waals surface area contributed by atoms with Crippen LogP contribution in [0.15, 0.2) is 28.8 Å². The minimum atomic E-state index is -0.438. The second-order valence-electron chi connectivity index (χ2n) is 5.98. The summed E-state index contributed by atoms with van der Waals surface area (Å²) >= 11 is 0. The van der Waals surface area contributed by atoms with E-state index in [1.165, 1.54) is 0 Å². The third-order valence-corrected chi connectivity index (χ3v) is 3.90. The monoisotopic (exact) mass is 344 g/mol. The molecule has 7 nitrogen and oxygen atoms in total. The second kappa shape index (κ2) is 6.96. The van der Waals surface area contributed by atoms with Crippen molar-refractivity contribution in [3.05, 3.63) is 41.3 Å². The van der Waals surface area contributed by atoms with E-state index in [2.05, 4.69) is 5.16 Å². The molecule has 0 radical (unpaired) electrons. The summed E-state index contributed by atoms with van der Waals surface area (Å²) in [5.41, 5.74) is 1.13. The zero-order valence-electron chi connectivity index (χ0n) is 14.4. The third kappa shape index (κ3) is 3.35. The fourth-order valence-electron chi connectivity index (χ4n) is 2.57. The number of carbonyl (C=O) groups is 2. The minimum absolute atomic E-state index is 0.140. The average Bonchev–Trinajstić information content (AvgIpc) is 3.11. The number of benzene rings is 1. The zero-order valence-corrected chi connectivity index (χ0v) is 14.4. The van der Waals surface area contributed by atoms with Gasteiger partial charge in [-0.05, 0) is 25.1 Å². The first-order chi connectivity index (χ1) is 12.0. The van der Waals surface area contributed by atoms with Crippen LogP contribution in [-0.4, -0.2) is 36.8 Å². The topological polar surface area (TPSA) is 81.9 Å². The predicted octanol–water partition coefficient (Wildman–Crippen LogP) is 3.01. The lowest BCUT2D eigenvalue weighted by Gasteiger charge is -2.29. The molecule has 0 spiro atoms. The van der Waals surface area contributed by atoms with Crippen molar-refractivity contribution in [2.45, 2.75) is 26.7 Å². The first-order valence-corrected chi connectivity index (χ1v) is 8.23. The van der Waals surface area contributed by atoms with E-state index >= 15 is 0 Å². The molecule has 1 aliphatic rings. The van der Waals surface area contributed by atoms with Gasteiger partial charge in [-0.25, -0.2) is 4.79 Å². The van der Waals surface area contributed by atoms with Crippen LogP contribution in [-0.2, 0) is 4.74 Å². The molecule has 0 unspecified atom stereocenters. The van der Waals surface area contributed by atoms with Gasteiger partial charge in [-0.2, -0.15) is 0 Å². The van der Waals surface area contributed by atoms with Crippen molar-refractivity contribution in [3.63, 3.8) is 0 Å². The second-order valence-corrected chi connectivity index (χ2v) is 5.98. The Kier molecular flexibility index (Phi) is 4.74. The molecule has 0 N–H and O–H groups in total. The van der Waals surface area contributed by atoms with Crippen molar-refractivity contribution < 1.29 is 23.6 Å². The number of aromatic nitrogens is 1. The molecular formula is C18H20N2O5. The van der Waals surface area contributed by atoms with Gasteiger partial charge in [-0.15, -0.1) is 0 Å². The maximum Gasteiger partial charge on any atom is 0.338 e. The largest absolute Gasteiger partial charge is 0.490 e. The number of hydrogen-bond acceptors (Lipinski definition) is 6. The van der Waals surface area contributed by atoms with Gasteiger partial charge in [0.05, 0.1) is 24.4 Å². The van der Waals surface area contributed by atoms with E-state index in [0.717, 1.165) is 0 Å². The lowest BCUT2D eigenvalue weighted by atomic mass is 10.1. The van der Waals surface area contributed by atoms with Crippen molar-refractivity contribution in [3.8, 4) is 5.75 Å². The maximum atomic E-state index is 12.8. The number of hydrogen-bond donors (Lipinski definition) is 0. The Hall–Kier alpha value is -2.83. The molecule has 0 bridgehead atoms. The van der Waals surface area contributed by atoms with E-state index in [0.29, 0.717) is 35.9 Å². The first-order valence-electron chi connectivity index (χ1n) is 8.23. The fourth-order valence-corrected chi connectivity index (χ4v) is 2.57. The van der Waals surface area contributed by atoms with Crippen LogP contribution >= 0.6 is 0 Å². The van der Waals surface area contributed by atoms with Crippen molar-refractivity contribution in [1.82, 2.24) is 5.16 Å². The summed E-state index contributed by atoms with van der Waals surface area (Å²) in [6.45, 7) is 6.68. The summed E-state index contributed by atoms with van der Waals surface area (Å²) in [4.78, 5) is 26.3. The van der Waals surface area contributed by atoms with Crippen LogP contribution in [0, 0.1) is 0 Å². The molecule has 0 atom stereocenters. The van der Waals surface area contributed by atoms with Gasteiger partial charge in [-0.1, -0.05) is 19.0 Å². The van der Waals surface area contributed by atoms with Gasteiger partial charge in [0.1, 0.15) is 18.1 Å². The summed E-state index contributed by atoms with van der Waals surface area (Å²) in [6, 6.07) is 6.55. The van der Waals surface area contributed by atoms with Crippen LogP contribution in [0.25, 0.3) is 0 Å². The molecule has 1 amide bonds. The van der Waals surface area contributed by atoms with Crippen molar-refractivity contribution >= 4 is 17.6 Å². The number of nitrogens with zero attached hydrogens (tertiary/aromatic N) is 2. The third-order valence-electron chi connectivity index (χ3n) is 3.90. The Morgan fingerprint density at radius 3 is 2.80 bits per heavy atom. The average molecular weight is 344 g/mol. The number of anilines is 1. The van der Waals surface area contributed by atoms with E-state index in [-0.39, 0.29) is 24.1 Å². The van der Waals surface area contributed by atoms with E-state index < -0.39 is 5.97 Å². The van der Waals surface area contributed by atoms with Gasteiger partial charge >= 0.3 is 5.97 Å². The molecule has 132 valence electrons. The Morgan fingerprint density at radius 1 is 1.32 bits per heavy atom. The normalized spacial score (nSPS) is 13.4. The highest BCUT2D eigenvalue weighted by molar-refractivity contribution is 6.06. The van der Waals surface area contributed by atoms with Gasteiger partial charge in [0, 0.05) is 12.0 Å². The first kappa shape index (κ1) is 17.0. The number of rotatable bonds is 4. The van der Waals surface area contributed by atoms with E-state index in [4.69, 9.17) is 14.0 Å². The molecule has 0 aliphatic carbocycles. The maximum absolute atomic E-state index is 12.8. The van der Waals surface area contributed by atoms with E-state index in [9.17, 15) is 9.59 Å². The lowest BCUT2D eigenvalue weighted by molar-refractivity contribution is 0.0526. The van der Waals surface area contributed by atoms with Crippen LogP contribution in [0.4, 0.5) is 5.69 Å². The molecule has 0 fully saturated rings. The van der Waals surface area contributed by atoms with Gasteiger partial charge in [0.2, 0.25) is 0 Å². The van der Waals surface area contributed by atoms with Crippen LogP contribution in [0.1, 0.15) is 53.3 Å². The van der Waals surface area contributed by atoms with Crippen LogP contribution in [0.2, 0.25) is 0 Å². The fraction of sp³-hybridized carbons (Fsp3) is 0.389. The summed E-state index contributed by atoms with van der Waals surface area (Å²) < 4.78 is 15.8. The number of carbonyl (C=O) groups excluding carboxylic acids is 2. The molecule has 0 saturated heterocycles. The summed E-state index contributed by atoms with van der Waals surface area (Å²) in [5, 5.41) is 3.87. The van der Waals surface area contributed by atoms with Crippen LogP contribution in [0.3, 0.4) is 0 Å². The van der Waals surface area contributed by atoms with Crippen LogP contribution in [0.5, 0.6) is 5.75 Å². The van der Waals surface area contributed by atoms with E-state index in [1.54, 1.807) is 36.1 Å². The van der Waals surface area contributed by atoms with Crippen molar-refractivity contribution in [1.29, 1.82) is 0 Å². The number of fused-ring (bicyclic) bond motifs is 1. The number of esters is 1. The Balaban J connectivity index is 1.92. The molecule has 3 rings (SSSR count). The summed E-state index contributed by atoms with van der Waals surface area (Å²) in [7, 11) is 0. The van der Waals surface area contributed by atoms with Crippen molar-refractivity contribution in [2.24, 2.45) is 0 Å². The standard InChI is InChI=1S/C18H20N2O5/c1-4-23-18(22)12-5-6-15-14(9-12)20(7-8-24-15)17(21)13-10-16(11(2)3)25-19-13/h5-6,9-11H,4,7-8H2,1-3H3. The minimum Gasteiger partial charge on any atom is -0.490 e.